The van der Waals surface area contributed by atoms with Gasteiger partial charge in [-0.3, -0.25) is 0 Å². The molecule has 15 heteroatoms. The zero-order valence-corrected chi connectivity index (χ0v) is 20.5. The predicted octanol–water partition coefficient (Wildman–Crippen LogP) is 5.60. The van der Waals surface area contributed by atoms with Crippen LogP contribution in [0.3, 0.4) is 0 Å². The number of carbonyl (C=O) groups is 1. The number of carboxylic acids is 1. The van der Waals surface area contributed by atoms with Crippen molar-refractivity contribution >= 4 is 24.1 Å². The fourth-order valence-corrected chi connectivity index (χ4v) is 3.93. The molecular weight excluding hydrogens is 548 g/mol. The molecular formula is C24H23F5N5O4P. The lowest BCUT2D eigenvalue weighted by Crippen LogP contribution is -2.17. The second-order valence-corrected chi connectivity index (χ2v) is 11.1. The van der Waals surface area contributed by atoms with Gasteiger partial charge in [-0.15, -0.1) is 0 Å². The first kappa shape index (κ1) is 30.9. The van der Waals surface area contributed by atoms with E-state index in [1.165, 1.54) is 24.7 Å². The highest BCUT2D eigenvalue weighted by Crippen LogP contribution is 2.38. The molecule has 0 spiro atoms. The number of carboxylic acid groups (broad SMARTS) is 1. The van der Waals surface area contributed by atoms with Crippen molar-refractivity contribution in [1.29, 1.82) is 0 Å². The maximum atomic E-state index is 13.6. The topological polar surface area (TPSA) is 133 Å². The van der Waals surface area contributed by atoms with Crippen molar-refractivity contribution in [3.8, 4) is 17.3 Å². The summed E-state index contributed by atoms with van der Waals surface area (Å²) in [6.07, 6.45) is -1.62. The van der Waals surface area contributed by atoms with Gasteiger partial charge in [0.1, 0.15) is 24.8 Å². The van der Waals surface area contributed by atoms with Gasteiger partial charge in [0, 0.05) is 18.0 Å². The highest BCUT2D eigenvalue weighted by Gasteiger charge is 2.40. The zero-order valence-electron chi connectivity index (χ0n) is 19.6. The summed E-state index contributed by atoms with van der Waals surface area (Å²) in [7, 11) is -2.61. The van der Waals surface area contributed by atoms with Gasteiger partial charge in [0.2, 0.25) is 5.88 Å². The number of hydrogen-bond donors (Lipinski definition) is 2. The van der Waals surface area contributed by atoms with Gasteiger partial charge in [0.15, 0.2) is 17.3 Å². The Bertz CT molecular complexity index is 1500. The Hall–Kier alpha value is -4.32. The number of benzene rings is 2. The third-order valence-corrected chi connectivity index (χ3v) is 6.21. The lowest BCUT2D eigenvalue weighted by atomic mass is 10.2. The van der Waals surface area contributed by atoms with Gasteiger partial charge in [0.25, 0.3) is 0 Å². The Kier molecular flexibility index (Phi) is 9.53. The largest absolute Gasteiger partial charge is 0.478 e. The molecule has 0 aliphatic heterocycles. The predicted molar refractivity (Wildman–Crippen MR) is 134 cm³/mol. The molecule has 2 aromatic carbocycles. The molecule has 0 bridgehead atoms. The minimum absolute atomic E-state index is 0. The lowest BCUT2D eigenvalue weighted by Gasteiger charge is -2.12. The molecule has 4 aromatic rings. The number of ether oxygens (including phenoxy) is 1. The van der Waals surface area contributed by atoms with Crippen molar-refractivity contribution in [2.45, 2.75) is 13.6 Å². The summed E-state index contributed by atoms with van der Waals surface area (Å²) < 4.78 is 82.9. The fourth-order valence-electron chi connectivity index (χ4n) is 3.02. The number of nitrogen functional groups attached to an aromatic ring is 1. The van der Waals surface area contributed by atoms with Crippen LogP contribution in [-0.4, -0.2) is 44.2 Å². The SMILES string of the molecule is C.CP(C)(=O)c1cncnc1Oc1ccc(N)cc1F.O=C(O)c1cnn(-c2ccc(F)cc2)c1C(F)(F)F. The van der Waals surface area contributed by atoms with Crippen molar-refractivity contribution in [1.82, 2.24) is 19.7 Å². The molecule has 4 rings (SSSR count). The number of aromatic carboxylic acids is 1. The van der Waals surface area contributed by atoms with Crippen LogP contribution in [0, 0.1) is 11.6 Å². The van der Waals surface area contributed by atoms with Crippen molar-refractivity contribution in [2.75, 3.05) is 19.1 Å². The van der Waals surface area contributed by atoms with E-state index in [0.29, 0.717) is 21.9 Å². The normalized spacial score (nSPS) is 11.2. The average Bonchev–Trinajstić information content (AvgIpc) is 3.28. The second kappa shape index (κ2) is 12.0. The Morgan fingerprint density at radius 3 is 2.26 bits per heavy atom. The van der Waals surface area contributed by atoms with Crippen LogP contribution in [0.15, 0.2) is 61.2 Å². The summed E-state index contributed by atoms with van der Waals surface area (Å²) in [4.78, 5) is 18.5. The molecule has 0 saturated carbocycles. The Morgan fingerprint density at radius 2 is 1.72 bits per heavy atom. The lowest BCUT2D eigenvalue weighted by molar-refractivity contribution is -0.143. The van der Waals surface area contributed by atoms with Crippen molar-refractivity contribution in [3.05, 3.63) is 84.1 Å². The first-order valence-corrected chi connectivity index (χ1v) is 13.0. The molecule has 0 saturated heterocycles. The molecule has 0 fully saturated rings. The first-order chi connectivity index (χ1) is 17.7. The van der Waals surface area contributed by atoms with Crippen LogP contribution in [0.25, 0.3) is 5.69 Å². The van der Waals surface area contributed by atoms with E-state index in [1.54, 1.807) is 13.3 Å². The molecule has 2 heterocycles. The molecule has 9 nitrogen and oxygen atoms in total. The number of aromatic nitrogens is 4. The Balaban J connectivity index is 0.000000267. The molecule has 3 N–H and O–H groups in total. The number of nitrogens with zero attached hydrogens (tertiary/aromatic N) is 4. The van der Waals surface area contributed by atoms with E-state index < -0.39 is 42.2 Å². The fraction of sp³-hybridized carbons (Fsp3) is 0.167. The molecule has 0 aliphatic rings. The van der Waals surface area contributed by atoms with Gasteiger partial charge in [-0.05, 0) is 49.7 Å². The molecule has 0 unspecified atom stereocenters. The highest BCUT2D eigenvalue weighted by molar-refractivity contribution is 7.70. The van der Waals surface area contributed by atoms with Gasteiger partial charge < -0.3 is 20.1 Å². The highest BCUT2D eigenvalue weighted by atomic mass is 31.2. The Morgan fingerprint density at radius 1 is 1.08 bits per heavy atom. The van der Waals surface area contributed by atoms with Gasteiger partial charge in [0.05, 0.1) is 17.2 Å². The summed E-state index contributed by atoms with van der Waals surface area (Å²) in [5.74, 6) is -2.90. The van der Waals surface area contributed by atoms with E-state index in [-0.39, 0.29) is 24.7 Å². The summed E-state index contributed by atoms with van der Waals surface area (Å²) in [6, 6.07) is 8.11. The minimum atomic E-state index is -4.89. The quantitative estimate of drug-likeness (QED) is 0.180. The van der Waals surface area contributed by atoms with E-state index >= 15 is 0 Å². The first-order valence-electron chi connectivity index (χ1n) is 10.4. The molecule has 2 aromatic heterocycles. The van der Waals surface area contributed by atoms with Crippen LogP contribution in [-0.2, 0) is 10.7 Å². The molecule has 39 heavy (non-hydrogen) atoms. The molecule has 0 aliphatic carbocycles. The Labute approximate surface area is 219 Å². The number of hydrogen-bond acceptors (Lipinski definition) is 7. The van der Waals surface area contributed by atoms with Crippen LogP contribution in [0.4, 0.5) is 27.6 Å². The smallest absolute Gasteiger partial charge is 0.434 e. The summed E-state index contributed by atoms with van der Waals surface area (Å²) in [5.41, 5.74) is 3.30. The summed E-state index contributed by atoms with van der Waals surface area (Å²) >= 11 is 0. The van der Waals surface area contributed by atoms with E-state index in [1.807, 2.05) is 0 Å². The summed E-state index contributed by atoms with van der Waals surface area (Å²) in [6.45, 7) is 3.13. The van der Waals surface area contributed by atoms with Crippen LogP contribution in [0.1, 0.15) is 23.5 Å². The summed E-state index contributed by atoms with van der Waals surface area (Å²) in [5, 5.41) is 12.5. The molecule has 0 amide bonds. The van der Waals surface area contributed by atoms with E-state index in [2.05, 4.69) is 15.1 Å². The maximum absolute atomic E-state index is 13.6. The second-order valence-electron chi connectivity index (χ2n) is 7.95. The van der Waals surface area contributed by atoms with Crippen LogP contribution in [0.2, 0.25) is 0 Å². The van der Waals surface area contributed by atoms with Crippen LogP contribution in [0.5, 0.6) is 11.6 Å². The molecule has 0 radical (unpaired) electrons. The number of alkyl halides is 3. The van der Waals surface area contributed by atoms with Crippen molar-refractivity contribution in [3.63, 3.8) is 0 Å². The number of halogens is 5. The van der Waals surface area contributed by atoms with E-state index in [9.17, 15) is 31.3 Å². The standard InChI is InChI=1S/C12H13FN3O2P.C11H6F4N2O2.CH4/c1-19(2,17)11-6-15-7-16-12(11)18-10-4-3-8(14)5-9(10)13;12-6-1-3-7(4-2-6)17-9(11(13,14)15)8(5-16-17)10(18)19;/h3-7H,14H2,1-2H3;1-5H,(H,18,19);1H4. The van der Waals surface area contributed by atoms with Gasteiger partial charge in [-0.25, -0.2) is 28.2 Å². The van der Waals surface area contributed by atoms with E-state index in [0.717, 1.165) is 30.3 Å². The number of rotatable bonds is 5. The number of anilines is 1. The molecule has 208 valence electrons. The van der Waals surface area contributed by atoms with Gasteiger partial charge in [-0.1, -0.05) is 7.43 Å². The number of nitrogens with two attached hydrogens (primary N) is 1. The zero-order chi connectivity index (χ0) is 28.3. The third-order valence-electron chi connectivity index (χ3n) is 4.74. The maximum Gasteiger partial charge on any atom is 0.434 e. The monoisotopic (exact) mass is 571 g/mol. The van der Waals surface area contributed by atoms with Crippen molar-refractivity contribution < 1.29 is 41.2 Å². The third kappa shape index (κ3) is 7.60. The molecule has 0 atom stereocenters. The van der Waals surface area contributed by atoms with Crippen molar-refractivity contribution in [2.24, 2.45) is 0 Å². The average molecular weight is 571 g/mol. The van der Waals surface area contributed by atoms with E-state index in [4.69, 9.17) is 15.6 Å². The van der Waals surface area contributed by atoms with Crippen LogP contribution >= 0.6 is 7.14 Å². The van der Waals surface area contributed by atoms with Crippen LogP contribution < -0.4 is 15.8 Å². The minimum Gasteiger partial charge on any atom is -0.478 e. The van der Waals surface area contributed by atoms with Gasteiger partial charge >= 0.3 is 12.1 Å². The van der Waals surface area contributed by atoms with Gasteiger partial charge in [-0.2, -0.15) is 18.3 Å².